The summed E-state index contributed by atoms with van der Waals surface area (Å²) in [7, 11) is 0. The molecule has 2 rings (SSSR count). The number of hydrogen-bond acceptors (Lipinski definition) is 3. The molecule has 2 aromatic rings. The quantitative estimate of drug-likeness (QED) is 0.825. The summed E-state index contributed by atoms with van der Waals surface area (Å²) in [6.07, 6.45) is 4.72. The summed E-state index contributed by atoms with van der Waals surface area (Å²) >= 11 is 1.76. The second-order valence-electron chi connectivity index (χ2n) is 3.08. The van der Waals surface area contributed by atoms with Crippen molar-refractivity contribution in [1.29, 1.82) is 0 Å². The molecular formula is C10H13N3S. The Kier molecular flexibility index (Phi) is 2.96. The van der Waals surface area contributed by atoms with Crippen LogP contribution in [0.3, 0.4) is 0 Å². The van der Waals surface area contributed by atoms with Crippen LogP contribution in [0.4, 0.5) is 0 Å². The lowest BCUT2D eigenvalue weighted by molar-refractivity contribution is 0.673. The van der Waals surface area contributed by atoms with Crippen molar-refractivity contribution >= 4 is 11.3 Å². The number of nitrogens with zero attached hydrogens (tertiary/aromatic N) is 2. The maximum absolute atomic E-state index is 5.52. The molecule has 0 aliphatic heterocycles. The first-order chi connectivity index (χ1) is 6.90. The van der Waals surface area contributed by atoms with Crippen molar-refractivity contribution in [3.63, 3.8) is 0 Å². The molecule has 74 valence electrons. The van der Waals surface area contributed by atoms with E-state index < -0.39 is 0 Å². The fourth-order valence-corrected chi connectivity index (χ4v) is 2.12. The second kappa shape index (κ2) is 4.39. The van der Waals surface area contributed by atoms with E-state index in [1.165, 1.54) is 4.88 Å². The minimum atomic E-state index is 0.661. The smallest absolute Gasteiger partial charge is 0.113 e. The monoisotopic (exact) mass is 207 g/mol. The van der Waals surface area contributed by atoms with Crippen molar-refractivity contribution in [2.24, 2.45) is 5.73 Å². The number of thiophene rings is 1. The van der Waals surface area contributed by atoms with Gasteiger partial charge in [0.25, 0.3) is 0 Å². The Morgan fingerprint density at radius 3 is 3.14 bits per heavy atom. The largest absolute Gasteiger partial charge is 0.333 e. The van der Waals surface area contributed by atoms with Gasteiger partial charge in [-0.25, -0.2) is 4.98 Å². The van der Waals surface area contributed by atoms with Gasteiger partial charge >= 0.3 is 0 Å². The third kappa shape index (κ3) is 2.02. The van der Waals surface area contributed by atoms with Crippen LogP contribution in [0.5, 0.6) is 0 Å². The van der Waals surface area contributed by atoms with Crippen molar-refractivity contribution in [3.05, 3.63) is 40.6 Å². The highest BCUT2D eigenvalue weighted by molar-refractivity contribution is 7.09. The van der Waals surface area contributed by atoms with Crippen LogP contribution in [-0.4, -0.2) is 16.1 Å². The molecule has 0 aromatic carbocycles. The summed E-state index contributed by atoms with van der Waals surface area (Å²) in [6.45, 7) is 1.51. The normalized spacial score (nSPS) is 10.6. The molecule has 0 amide bonds. The van der Waals surface area contributed by atoms with Crippen LogP contribution in [0.15, 0.2) is 29.9 Å². The van der Waals surface area contributed by atoms with Crippen LogP contribution in [-0.2, 0) is 13.0 Å². The summed E-state index contributed by atoms with van der Waals surface area (Å²) in [5.41, 5.74) is 5.52. The van der Waals surface area contributed by atoms with Crippen LogP contribution < -0.4 is 5.73 Å². The first-order valence-electron chi connectivity index (χ1n) is 4.62. The molecule has 14 heavy (non-hydrogen) atoms. The van der Waals surface area contributed by atoms with Crippen molar-refractivity contribution < 1.29 is 0 Å². The minimum absolute atomic E-state index is 0.661. The number of aromatic nitrogens is 2. The van der Waals surface area contributed by atoms with Crippen LogP contribution in [0.2, 0.25) is 0 Å². The predicted molar refractivity (Wildman–Crippen MR) is 58.4 cm³/mol. The van der Waals surface area contributed by atoms with Gasteiger partial charge in [0.05, 0.1) is 0 Å². The van der Waals surface area contributed by atoms with Gasteiger partial charge in [0.15, 0.2) is 0 Å². The van der Waals surface area contributed by atoms with Gasteiger partial charge in [-0.2, -0.15) is 0 Å². The van der Waals surface area contributed by atoms with E-state index in [-0.39, 0.29) is 0 Å². The van der Waals surface area contributed by atoms with Gasteiger partial charge in [0, 0.05) is 36.8 Å². The summed E-state index contributed by atoms with van der Waals surface area (Å²) < 4.78 is 2.11. The molecule has 4 heteroatoms. The third-order valence-electron chi connectivity index (χ3n) is 2.08. The molecule has 0 saturated carbocycles. The number of hydrogen-bond donors (Lipinski definition) is 1. The summed E-state index contributed by atoms with van der Waals surface area (Å²) in [6, 6.07) is 4.20. The highest BCUT2D eigenvalue weighted by Crippen LogP contribution is 2.13. The Morgan fingerprint density at radius 2 is 2.43 bits per heavy atom. The average molecular weight is 207 g/mol. The van der Waals surface area contributed by atoms with Gasteiger partial charge in [-0.3, -0.25) is 0 Å². The van der Waals surface area contributed by atoms with E-state index in [0.717, 1.165) is 18.8 Å². The van der Waals surface area contributed by atoms with Crippen molar-refractivity contribution in [2.75, 3.05) is 6.54 Å². The molecule has 0 bridgehead atoms. The zero-order valence-electron chi connectivity index (χ0n) is 7.89. The SMILES string of the molecule is NCCn1ccnc1Cc1cccs1. The van der Waals surface area contributed by atoms with Gasteiger partial charge in [-0.15, -0.1) is 11.3 Å². The van der Waals surface area contributed by atoms with Gasteiger partial charge < -0.3 is 10.3 Å². The Hall–Kier alpha value is -1.13. The van der Waals surface area contributed by atoms with Crippen LogP contribution in [0.1, 0.15) is 10.7 Å². The lowest BCUT2D eigenvalue weighted by Gasteiger charge is -2.04. The zero-order valence-corrected chi connectivity index (χ0v) is 8.70. The Balaban J connectivity index is 2.12. The second-order valence-corrected chi connectivity index (χ2v) is 4.11. The van der Waals surface area contributed by atoms with E-state index in [1.807, 2.05) is 12.4 Å². The first-order valence-corrected chi connectivity index (χ1v) is 5.50. The van der Waals surface area contributed by atoms with Crippen molar-refractivity contribution in [3.8, 4) is 0 Å². The van der Waals surface area contributed by atoms with Crippen LogP contribution in [0, 0.1) is 0 Å². The molecule has 0 atom stereocenters. The van der Waals surface area contributed by atoms with E-state index in [0.29, 0.717) is 6.54 Å². The molecule has 0 fully saturated rings. The summed E-state index contributed by atoms with van der Waals surface area (Å²) in [5, 5.41) is 2.09. The molecule has 0 radical (unpaired) electrons. The van der Waals surface area contributed by atoms with Crippen molar-refractivity contribution in [2.45, 2.75) is 13.0 Å². The van der Waals surface area contributed by atoms with E-state index in [4.69, 9.17) is 5.73 Å². The molecule has 0 aliphatic carbocycles. The van der Waals surface area contributed by atoms with Gasteiger partial charge in [0.1, 0.15) is 5.82 Å². The molecule has 0 saturated heterocycles. The van der Waals surface area contributed by atoms with E-state index in [2.05, 4.69) is 27.1 Å². The minimum Gasteiger partial charge on any atom is -0.333 e. The van der Waals surface area contributed by atoms with E-state index in [1.54, 1.807) is 11.3 Å². The molecular weight excluding hydrogens is 194 g/mol. The fraction of sp³-hybridized carbons (Fsp3) is 0.300. The van der Waals surface area contributed by atoms with Gasteiger partial charge in [0.2, 0.25) is 0 Å². The third-order valence-corrected chi connectivity index (χ3v) is 2.96. The molecule has 0 aliphatic rings. The maximum atomic E-state index is 5.52. The standard InChI is InChI=1S/C10H13N3S/c11-3-5-13-6-4-12-10(13)8-9-2-1-7-14-9/h1-2,4,6-7H,3,5,8,11H2. The van der Waals surface area contributed by atoms with E-state index in [9.17, 15) is 0 Å². The van der Waals surface area contributed by atoms with Gasteiger partial charge in [-0.1, -0.05) is 6.07 Å². The molecule has 0 unspecified atom stereocenters. The van der Waals surface area contributed by atoms with Gasteiger partial charge in [-0.05, 0) is 11.4 Å². The lowest BCUT2D eigenvalue weighted by Crippen LogP contribution is -2.11. The average Bonchev–Trinajstić information content (AvgIpc) is 2.80. The van der Waals surface area contributed by atoms with E-state index >= 15 is 0 Å². The highest BCUT2D eigenvalue weighted by atomic mass is 32.1. The molecule has 3 nitrogen and oxygen atoms in total. The first kappa shape index (κ1) is 9.43. The predicted octanol–water partition coefficient (Wildman–Crippen LogP) is 1.49. The fourth-order valence-electron chi connectivity index (χ4n) is 1.42. The number of imidazole rings is 1. The van der Waals surface area contributed by atoms with Crippen LogP contribution in [0.25, 0.3) is 0 Å². The zero-order chi connectivity index (χ0) is 9.80. The lowest BCUT2D eigenvalue weighted by atomic mass is 10.3. The molecule has 2 aromatic heterocycles. The topological polar surface area (TPSA) is 43.8 Å². The summed E-state index contributed by atoms with van der Waals surface area (Å²) in [4.78, 5) is 5.67. The summed E-state index contributed by atoms with van der Waals surface area (Å²) in [5.74, 6) is 1.10. The molecule has 2 heterocycles. The molecule has 0 spiro atoms. The number of nitrogens with two attached hydrogens (primary N) is 1. The highest BCUT2D eigenvalue weighted by Gasteiger charge is 2.03. The Labute approximate surface area is 87.2 Å². The molecule has 2 N–H and O–H groups in total. The number of rotatable bonds is 4. The Morgan fingerprint density at radius 1 is 1.50 bits per heavy atom. The van der Waals surface area contributed by atoms with Crippen molar-refractivity contribution in [1.82, 2.24) is 9.55 Å². The Bertz CT molecular complexity index is 378. The van der Waals surface area contributed by atoms with Crippen LogP contribution >= 0.6 is 11.3 Å². The maximum Gasteiger partial charge on any atom is 0.113 e.